The summed E-state index contributed by atoms with van der Waals surface area (Å²) in [7, 11) is 1.72. The van der Waals surface area contributed by atoms with Gasteiger partial charge in [0.15, 0.2) is 0 Å². The first kappa shape index (κ1) is 13.6. The van der Waals surface area contributed by atoms with Crippen molar-refractivity contribution in [3.63, 3.8) is 0 Å². The Balaban J connectivity index is 4.00. The van der Waals surface area contributed by atoms with Crippen molar-refractivity contribution in [2.24, 2.45) is 5.73 Å². The molecule has 0 fully saturated rings. The predicted molar refractivity (Wildman–Crippen MR) is 61.4 cm³/mol. The van der Waals surface area contributed by atoms with Crippen LogP contribution in [0.5, 0.6) is 0 Å². The van der Waals surface area contributed by atoms with E-state index < -0.39 is 0 Å². The van der Waals surface area contributed by atoms with Gasteiger partial charge in [-0.2, -0.15) is 0 Å². The normalized spacial score (nSPS) is 15.5. The third-order valence-corrected chi connectivity index (χ3v) is 2.39. The summed E-state index contributed by atoms with van der Waals surface area (Å²) in [5, 5.41) is 0. The molecule has 0 rings (SSSR count). The second-order valence-corrected chi connectivity index (χ2v) is 4.02. The maximum Gasteiger partial charge on any atom is 0.0589 e. The van der Waals surface area contributed by atoms with E-state index in [9.17, 15) is 0 Å². The van der Waals surface area contributed by atoms with Gasteiger partial charge in [0.25, 0.3) is 0 Å². The second-order valence-electron chi connectivity index (χ2n) is 4.02. The molecule has 0 aliphatic heterocycles. The molecule has 0 aromatic rings. The van der Waals surface area contributed by atoms with Gasteiger partial charge in [-0.1, -0.05) is 13.0 Å². The topological polar surface area (TPSA) is 38.5 Å². The summed E-state index contributed by atoms with van der Waals surface area (Å²) >= 11 is 0. The summed E-state index contributed by atoms with van der Waals surface area (Å²) in [5.41, 5.74) is 5.99. The van der Waals surface area contributed by atoms with Gasteiger partial charge >= 0.3 is 0 Å². The van der Waals surface area contributed by atoms with Crippen molar-refractivity contribution in [3.8, 4) is 0 Å². The molecule has 3 nitrogen and oxygen atoms in total. The van der Waals surface area contributed by atoms with Gasteiger partial charge in [0.1, 0.15) is 0 Å². The van der Waals surface area contributed by atoms with Crippen molar-refractivity contribution in [1.29, 1.82) is 0 Å². The van der Waals surface area contributed by atoms with Crippen LogP contribution >= 0.6 is 0 Å². The van der Waals surface area contributed by atoms with Gasteiger partial charge in [0.05, 0.1) is 6.61 Å². The molecule has 1 atom stereocenters. The summed E-state index contributed by atoms with van der Waals surface area (Å²) < 4.78 is 5.05. The lowest BCUT2D eigenvalue weighted by Crippen LogP contribution is -2.48. The molecule has 0 saturated heterocycles. The average molecular weight is 200 g/mol. The predicted octanol–water partition coefficient (Wildman–Crippen LogP) is 1.25. The molecule has 14 heavy (non-hydrogen) atoms. The van der Waals surface area contributed by atoms with Crippen LogP contribution in [0, 0.1) is 0 Å². The standard InChI is InChI=1S/C11H24N2O/c1-5-7-13(8-9-14-4)10-11(3,12)6-2/h5H,1,6-10,12H2,2-4H3. The van der Waals surface area contributed by atoms with E-state index in [4.69, 9.17) is 10.5 Å². The molecule has 0 aromatic heterocycles. The van der Waals surface area contributed by atoms with Gasteiger partial charge < -0.3 is 10.5 Å². The number of rotatable bonds is 8. The zero-order valence-electron chi connectivity index (χ0n) is 9.75. The van der Waals surface area contributed by atoms with Crippen LogP contribution < -0.4 is 5.73 Å². The lowest BCUT2D eigenvalue weighted by Gasteiger charge is -2.30. The molecular formula is C11H24N2O. The quantitative estimate of drug-likeness (QED) is 0.599. The lowest BCUT2D eigenvalue weighted by molar-refractivity contribution is 0.139. The van der Waals surface area contributed by atoms with Crippen molar-refractivity contribution in [3.05, 3.63) is 12.7 Å². The van der Waals surface area contributed by atoms with E-state index in [1.807, 2.05) is 6.08 Å². The van der Waals surface area contributed by atoms with E-state index in [1.165, 1.54) is 0 Å². The molecule has 3 heteroatoms. The minimum absolute atomic E-state index is 0.114. The number of nitrogens with zero attached hydrogens (tertiary/aromatic N) is 1. The minimum atomic E-state index is -0.114. The van der Waals surface area contributed by atoms with E-state index in [0.29, 0.717) is 0 Å². The molecule has 0 amide bonds. The largest absolute Gasteiger partial charge is 0.383 e. The Hall–Kier alpha value is -0.380. The maximum absolute atomic E-state index is 6.10. The van der Waals surface area contributed by atoms with E-state index in [1.54, 1.807) is 7.11 Å². The smallest absolute Gasteiger partial charge is 0.0589 e. The van der Waals surface area contributed by atoms with Gasteiger partial charge in [-0.15, -0.1) is 6.58 Å². The highest BCUT2D eigenvalue weighted by Crippen LogP contribution is 2.07. The van der Waals surface area contributed by atoms with Crippen LogP contribution in [0.2, 0.25) is 0 Å². The van der Waals surface area contributed by atoms with Gasteiger partial charge in [-0.25, -0.2) is 0 Å². The van der Waals surface area contributed by atoms with Gasteiger partial charge in [-0.05, 0) is 13.3 Å². The Bertz CT molecular complexity index is 157. The fraction of sp³-hybridized carbons (Fsp3) is 0.818. The first-order chi connectivity index (χ1) is 6.55. The van der Waals surface area contributed by atoms with Crippen LogP contribution in [-0.2, 0) is 4.74 Å². The Morgan fingerprint density at radius 2 is 2.21 bits per heavy atom. The zero-order valence-corrected chi connectivity index (χ0v) is 9.75. The zero-order chi connectivity index (χ0) is 11.0. The molecule has 0 aliphatic carbocycles. The number of methoxy groups -OCH3 is 1. The lowest BCUT2D eigenvalue weighted by atomic mass is 10.00. The monoisotopic (exact) mass is 200 g/mol. The molecule has 0 aliphatic rings. The molecule has 0 spiro atoms. The Morgan fingerprint density at radius 1 is 1.57 bits per heavy atom. The van der Waals surface area contributed by atoms with Crippen molar-refractivity contribution in [1.82, 2.24) is 4.90 Å². The van der Waals surface area contributed by atoms with Crippen LogP contribution in [0.15, 0.2) is 12.7 Å². The molecular weight excluding hydrogens is 176 g/mol. The highest BCUT2D eigenvalue weighted by atomic mass is 16.5. The average Bonchev–Trinajstić information content (AvgIpc) is 2.14. The number of nitrogens with two attached hydrogens (primary N) is 1. The molecule has 0 bridgehead atoms. The van der Waals surface area contributed by atoms with Gasteiger partial charge in [0, 0.05) is 32.3 Å². The summed E-state index contributed by atoms with van der Waals surface area (Å²) in [4.78, 5) is 2.26. The van der Waals surface area contributed by atoms with Crippen molar-refractivity contribution in [2.75, 3.05) is 33.4 Å². The second kappa shape index (κ2) is 6.98. The van der Waals surface area contributed by atoms with Gasteiger partial charge in [-0.3, -0.25) is 4.90 Å². The van der Waals surface area contributed by atoms with Crippen LogP contribution in [0.25, 0.3) is 0 Å². The molecule has 0 heterocycles. The Labute approximate surface area is 87.9 Å². The number of ether oxygens (including phenoxy) is 1. The maximum atomic E-state index is 6.10. The molecule has 0 aromatic carbocycles. The van der Waals surface area contributed by atoms with Crippen LogP contribution in [0.3, 0.4) is 0 Å². The summed E-state index contributed by atoms with van der Waals surface area (Å²) in [5.74, 6) is 0. The van der Waals surface area contributed by atoms with E-state index in [-0.39, 0.29) is 5.54 Å². The fourth-order valence-electron chi connectivity index (χ4n) is 1.26. The first-order valence-corrected chi connectivity index (χ1v) is 5.16. The van der Waals surface area contributed by atoms with Crippen molar-refractivity contribution < 1.29 is 4.74 Å². The summed E-state index contributed by atoms with van der Waals surface area (Å²) in [6.45, 7) is 11.3. The molecule has 0 radical (unpaired) electrons. The van der Waals surface area contributed by atoms with Crippen LogP contribution in [0.1, 0.15) is 20.3 Å². The van der Waals surface area contributed by atoms with E-state index in [2.05, 4.69) is 25.3 Å². The van der Waals surface area contributed by atoms with Crippen LogP contribution in [0.4, 0.5) is 0 Å². The molecule has 0 saturated carbocycles. The van der Waals surface area contributed by atoms with Gasteiger partial charge in [0.2, 0.25) is 0 Å². The molecule has 84 valence electrons. The van der Waals surface area contributed by atoms with Crippen LogP contribution in [-0.4, -0.2) is 43.8 Å². The third-order valence-electron chi connectivity index (χ3n) is 2.39. The highest BCUT2D eigenvalue weighted by molar-refractivity contribution is 4.84. The Morgan fingerprint density at radius 3 is 2.64 bits per heavy atom. The minimum Gasteiger partial charge on any atom is -0.383 e. The Kier molecular flexibility index (Phi) is 6.79. The van der Waals surface area contributed by atoms with E-state index in [0.717, 1.165) is 32.7 Å². The van der Waals surface area contributed by atoms with E-state index >= 15 is 0 Å². The third kappa shape index (κ3) is 6.13. The molecule has 1 unspecified atom stereocenters. The first-order valence-electron chi connectivity index (χ1n) is 5.16. The molecule has 2 N–H and O–H groups in total. The number of hydrogen-bond donors (Lipinski definition) is 1. The fourth-order valence-corrected chi connectivity index (χ4v) is 1.26. The van der Waals surface area contributed by atoms with Crippen molar-refractivity contribution in [2.45, 2.75) is 25.8 Å². The summed E-state index contributed by atoms with van der Waals surface area (Å²) in [6, 6.07) is 0. The SMILES string of the molecule is C=CCN(CCOC)CC(C)(N)CC. The summed E-state index contributed by atoms with van der Waals surface area (Å²) in [6.07, 6.45) is 2.88. The van der Waals surface area contributed by atoms with Crippen molar-refractivity contribution >= 4 is 0 Å². The number of hydrogen-bond acceptors (Lipinski definition) is 3. The highest BCUT2D eigenvalue weighted by Gasteiger charge is 2.19.